The number of carbonyl (C=O) groups is 1. The Balaban J connectivity index is 2.09. The third kappa shape index (κ3) is 3.55. The van der Waals surface area contributed by atoms with Crippen LogP contribution >= 0.6 is 0 Å². The highest BCUT2D eigenvalue weighted by Crippen LogP contribution is 2.18. The van der Waals surface area contributed by atoms with Crippen molar-refractivity contribution in [1.29, 1.82) is 0 Å². The molecule has 2 heteroatoms. The first-order valence-electron chi connectivity index (χ1n) is 7.08. The topological polar surface area (TPSA) is 37.3 Å². The second kappa shape index (κ2) is 7.01. The molecule has 0 radical (unpaired) electrons. The zero-order valence-electron chi connectivity index (χ0n) is 11.8. The van der Waals surface area contributed by atoms with Crippen LogP contribution in [0.3, 0.4) is 0 Å². The summed E-state index contributed by atoms with van der Waals surface area (Å²) in [6.07, 6.45) is 2.26. The second-order valence-electron chi connectivity index (χ2n) is 4.98. The zero-order valence-corrected chi connectivity index (χ0v) is 11.8. The van der Waals surface area contributed by atoms with Crippen LogP contribution in [0.1, 0.15) is 47.4 Å². The molecule has 2 aromatic rings. The molecule has 0 aliphatic rings. The van der Waals surface area contributed by atoms with Gasteiger partial charge in [-0.2, -0.15) is 0 Å². The molecule has 2 nitrogen and oxygen atoms in total. The maximum atomic E-state index is 12.2. The van der Waals surface area contributed by atoms with Crippen LogP contribution in [0.25, 0.3) is 0 Å². The Hall–Kier alpha value is -1.93. The summed E-state index contributed by atoms with van der Waals surface area (Å²) in [4.78, 5) is 12.2. The van der Waals surface area contributed by atoms with Crippen molar-refractivity contribution in [3.05, 3.63) is 71.3 Å². The molecule has 1 N–H and O–H groups in total. The van der Waals surface area contributed by atoms with E-state index in [0.29, 0.717) is 11.1 Å². The van der Waals surface area contributed by atoms with Crippen LogP contribution in [0.5, 0.6) is 0 Å². The maximum absolute atomic E-state index is 12.2. The third-order valence-electron chi connectivity index (χ3n) is 3.42. The van der Waals surface area contributed by atoms with Gasteiger partial charge in [-0.15, -0.1) is 0 Å². The third-order valence-corrected chi connectivity index (χ3v) is 3.42. The highest BCUT2D eigenvalue weighted by Gasteiger charge is 2.18. The molecular formula is C18H20O2. The van der Waals surface area contributed by atoms with Crippen LogP contribution in [0.4, 0.5) is 0 Å². The minimum Gasteiger partial charge on any atom is -0.380 e. The molecule has 0 amide bonds. The van der Waals surface area contributed by atoms with E-state index < -0.39 is 6.10 Å². The van der Waals surface area contributed by atoms with Crippen molar-refractivity contribution in [3.8, 4) is 0 Å². The van der Waals surface area contributed by atoms with E-state index in [1.165, 1.54) is 5.56 Å². The van der Waals surface area contributed by atoms with Gasteiger partial charge in [0.1, 0.15) is 6.10 Å². The number of aliphatic hydroxyl groups excluding tert-OH is 1. The lowest BCUT2D eigenvalue weighted by Gasteiger charge is -2.10. The minimum atomic E-state index is -1.09. The van der Waals surface area contributed by atoms with Crippen LogP contribution in [-0.4, -0.2) is 10.9 Å². The fraction of sp³-hybridized carbons (Fsp3) is 0.278. The quantitative estimate of drug-likeness (QED) is 0.805. The van der Waals surface area contributed by atoms with Gasteiger partial charge in [0.25, 0.3) is 0 Å². The van der Waals surface area contributed by atoms with Crippen molar-refractivity contribution in [2.75, 3.05) is 0 Å². The Morgan fingerprint density at radius 3 is 2.30 bits per heavy atom. The van der Waals surface area contributed by atoms with E-state index >= 15 is 0 Å². The lowest BCUT2D eigenvalue weighted by Crippen LogP contribution is -2.12. The van der Waals surface area contributed by atoms with E-state index in [-0.39, 0.29) is 5.78 Å². The molecule has 1 unspecified atom stereocenters. The molecular weight excluding hydrogens is 248 g/mol. The van der Waals surface area contributed by atoms with Crippen LogP contribution in [0.2, 0.25) is 0 Å². The molecule has 1 atom stereocenters. The van der Waals surface area contributed by atoms with Crippen LogP contribution in [-0.2, 0) is 6.42 Å². The van der Waals surface area contributed by atoms with Crippen LogP contribution in [0, 0.1) is 0 Å². The number of carbonyl (C=O) groups excluding carboxylic acids is 1. The van der Waals surface area contributed by atoms with E-state index in [0.717, 1.165) is 19.3 Å². The van der Waals surface area contributed by atoms with Crippen molar-refractivity contribution in [2.45, 2.75) is 32.3 Å². The van der Waals surface area contributed by atoms with Gasteiger partial charge in [0, 0.05) is 5.56 Å². The summed E-state index contributed by atoms with van der Waals surface area (Å²) >= 11 is 0. The van der Waals surface area contributed by atoms with Crippen LogP contribution < -0.4 is 0 Å². The molecule has 2 aromatic carbocycles. The fourth-order valence-corrected chi connectivity index (χ4v) is 2.16. The lowest BCUT2D eigenvalue weighted by molar-refractivity contribution is 0.0747. The maximum Gasteiger partial charge on any atom is 0.195 e. The Morgan fingerprint density at radius 1 is 1.05 bits per heavy atom. The van der Waals surface area contributed by atoms with Gasteiger partial charge in [0.2, 0.25) is 0 Å². The predicted molar refractivity (Wildman–Crippen MR) is 80.8 cm³/mol. The Morgan fingerprint density at radius 2 is 1.70 bits per heavy atom. The number of aryl methyl sites for hydroxylation is 1. The van der Waals surface area contributed by atoms with Crippen LogP contribution in [0.15, 0.2) is 54.6 Å². The van der Waals surface area contributed by atoms with Crippen molar-refractivity contribution in [3.63, 3.8) is 0 Å². The number of aliphatic hydroxyl groups is 1. The fourth-order valence-electron chi connectivity index (χ4n) is 2.16. The zero-order chi connectivity index (χ0) is 14.4. The number of ketones is 1. The largest absolute Gasteiger partial charge is 0.380 e. The van der Waals surface area contributed by atoms with E-state index in [1.54, 1.807) is 24.3 Å². The van der Waals surface area contributed by atoms with E-state index in [9.17, 15) is 9.90 Å². The first-order chi connectivity index (χ1) is 9.72. The van der Waals surface area contributed by atoms with Crippen molar-refractivity contribution >= 4 is 5.78 Å². The van der Waals surface area contributed by atoms with Gasteiger partial charge in [-0.1, -0.05) is 67.9 Å². The number of Topliss-reactive ketones (excluding diaryl/α,β-unsaturated/α-hetero) is 1. The van der Waals surface area contributed by atoms with Gasteiger partial charge >= 0.3 is 0 Å². The highest BCUT2D eigenvalue weighted by molar-refractivity contribution is 5.99. The summed E-state index contributed by atoms with van der Waals surface area (Å²) < 4.78 is 0. The summed E-state index contributed by atoms with van der Waals surface area (Å²) in [6, 6.07) is 16.6. The van der Waals surface area contributed by atoms with Gasteiger partial charge in [0.05, 0.1) is 0 Å². The van der Waals surface area contributed by atoms with E-state index in [1.807, 2.05) is 30.3 Å². The van der Waals surface area contributed by atoms with Gasteiger partial charge < -0.3 is 5.11 Å². The molecule has 0 aromatic heterocycles. The molecule has 20 heavy (non-hydrogen) atoms. The standard InChI is InChI=1S/C18H20O2/c1-2-3-7-14-10-12-16(13-11-14)18(20)17(19)15-8-5-4-6-9-15/h4-6,8-13,17,19H,2-3,7H2,1H3. The normalized spacial score (nSPS) is 12.1. The minimum absolute atomic E-state index is 0.252. The average molecular weight is 268 g/mol. The SMILES string of the molecule is CCCCc1ccc(C(=O)C(O)c2ccccc2)cc1. The number of benzene rings is 2. The highest BCUT2D eigenvalue weighted by atomic mass is 16.3. The summed E-state index contributed by atoms with van der Waals surface area (Å²) in [7, 11) is 0. The summed E-state index contributed by atoms with van der Waals surface area (Å²) in [5, 5.41) is 10.1. The Labute approximate surface area is 120 Å². The van der Waals surface area contributed by atoms with Crippen molar-refractivity contribution < 1.29 is 9.90 Å². The van der Waals surface area contributed by atoms with E-state index in [2.05, 4.69) is 6.92 Å². The van der Waals surface area contributed by atoms with Gasteiger partial charge in [-0.3, -0.25) is 4.79 Å². The number of unbranched alkanes of at least 4 members (excludes halogenated alkanes) is 1. The first-order valence-corrected chi connectivity index (χ1v) is 7.08. The van der Waals surface area contributed by atoms with Crippen molar-refractivity contribution in [2.24, 2.45) is 0 Å². The van der Waals surface area contributed by atoms with Crippen molar-refractivity contribution in [1.82, 2.24) is 0 Å². The monoisotopic (exact) mass is 268 g/mol. The molecule has 0 aliphatic carbocycles. The molecule has 0 fully saturated rings. The van der Waals surface area contributed by atoms with E-state index in [4.69, 9.17) is 0 Å². The van der Waals surface area contributed by atoms with Gasteiger partial charge in [0.15, 0.2) is 5.78 Å². The summed E-state index contributed by atoms with van der Waals surface area (Å²) in [6.45, 7) is 2.16. The second-order valence-corrected chi connectivity index (χ2v) is 4.98. The smallest absolute Gasteiger partial charge is 0.195 e. The Bertz CT molecular complexity index is 543. The van der Waals surface area contributed by atoms with Gasteiger partial charge in [-0.25, -0.2) is 0 Å². The lowest BCUT2D eigenvalue weighted by atomic mass is 9.98. The average Bonchev–Trinajstić information content (AvgIpc) is 2.53. The first kappa shape index (κ1) is 14.5. The van der Waals surface area contributed by atoms with Gasteiger partial charge in [-0.05, 0) is 24.0 Å². The molecule has 0 aliphatic heterocycles. The summed E-state index contributed by atoms with van der Waals surface area (Å²) in [5.41, 5.74) is 2.42. The molecule has 0 spiro atoms. The number of hydrogen-bond donors (Lipinski definition) is 1. The summed E-state index contributed by atoms with van der Waals surface area (Å²) in [5.74, 6) is -0.252. The molecule has 0 saturated heterocycles. The molecule has 0 saturated carbocycles. The predicted octanol–water partition coefficient (Wildman–Crippen LogP) is 3.95. The number of rotatable bonds is 6. The number of hydrogen-bond acceptors (Lipinski definition) is 2. The molecule has 0 bridgehead atoms. The Kier molecular flexibility index (Phi) is 5.08. The molecule has 2 rings (SSSR count). The molecule has 0 heterocycles. The molecule has 104 valence electrons.